The van der Waals surface area contributed by atoms with E-state index in [9.17, 15) is 9.59 Å². The number of carbonyl (C=O) groups is 1. The van der Waals surface area contributed by atoms with E-state index in [4.69, 9.17) is 23.7 Å². The molecule has 0 radical (unpaired) electrons. The first-order valence-corrected chi connectivity index (χ1v) is 9.02. The van der Waals surface area contributed by atoms with Crippen molar-refractivity contribution in [1.29, 1.82) is 0 Å². The largest absolute Gasteiger partial charge is 0.493 e. The molecule has 1 atom stereocenters. The lowest BCUT2D eigenvalue weighted by atomic mass is 9.85. The van der Waals surface area contributed by atoms with E-state index in [1.165, 1.54) is 14.2 Å². The third-order valence-corrected chi connectivity index (χ3v) is 5.24. The molecule has 5 rings (SSSR count). The van der Waals surface area contributed by atoms with Gasteiger partial charge < -0.3 is 28.7 Å². The molecule has 0 bridgehead atoms. The molecule has 1 aromatic heterocycles. The molecule has 3 aromatic rings. The van der Waals surface area contributed by atoms with Crippen LogP contribution in [0.25, 0.3) is 10.9 Å². The first-order valence-electron chi connectivity index (χ1n) is 9.02. The molecule has 0 spiro atoms. The van der Waals surface area contributed by atoms with Crippen LogP contribution < -0.4 is 29.2 Å². The second kappa shape index (κ2) is 6.44. The zero-order chi connectivity index (χ0) is 20.1. The molecule has 1 N–H and O–H groups in total. The molecule has 0 fully saturated rings. The third-order valence-electron chi connectivity index (χ3n) is 5.24. The van der Waals surface area contributed by atoms with E-state index < -0.39 is 11.9 Å². The molecule has 8 nitrogen and oxygen atoms in total. The lowest BCUT2D eigenvalue weighted by Gasteiger charge is -2.26. The average Bonchev–Trinajstić information content (AvgIpc) is 3.21. The molecule has 2 aliphatic rings. The molecule has 0 unspecified atom stereocenters. The van der Waals surface area contributed by atoms with Gasteiger partial charge in [-0.1, -0.05) is 12.1 Å². The Morgan fingerprint density at radius 1 is 1.03 bits per heavy atom. The number of benzene rings is 2. The Labute approximate surface area is 164 Å². The maximum Gasteiger partial charge on any atom is 0.312 e. The molecule has 148 valence electrons. The van der Waals surface area contributed by atoms with E-state index in [0.717, 1.165) is 0 Å². The van der Waals surface area contributed by atoms with Gasteiger partial charge in [-0.25, -0.2) is 0 Å². The zero-order valence-corrected chi connectivity index (χ0v) is 15.7. The van der Waals surface area contributed by atoms with Gasteiger partial charge in [0.15, 0.2) is 11.5 Å². The fourth-order valence-corrected chi connectivity index (χ4v) is 4.00. The van der Waals surface area contributed by atoms with Crippen LogP contribution in [0.15, 0.2) is 35.1 Å². The summed E-state index contributed by atoms with van der Waals surface area (Å²) in [6, 6.07) is 8.91. The molecule has 2 aromatic carbocycles. The summed E-state index contributed by atoms with van der Waals surface area (Å²) in [7, 11) is 3.01. The SMILES string of the molecule is COc1cc([C@@H]2CC(=O)Oc3c2c(=O)[nH]c2ccccc32)c(OC)c2c1OCO2. The van der Waals surface area contributed by atoms with Crippen LogP contribution in [0.3, 0.4) is 0 Å². The Bertz CT molecular complexity index is 1210. The minimum atomic E-state index is -0.599. The second-order valence-electron chi connectivity index (χ2n) is 6.74. The van der Waals surface area contributed by atoms with E-state index in [1.54, 1.807) is 24.3 Å². The van der Waals surface area contributed by atoms with Crippen LogP contribution in [0.4, 0.5) is 0 Å². The highest BCUT2D eigenvalue weighted by molar-refractivity contribution is 5.91. The zero-order valence-electron chi connectivity index (χ0n) is 15.7. The molecule has 0 saturated carbocycles. The number of pyridine rings is 1. The minimum absolute atomic E-state index is 0.0203. The van der Waals surface area contributed by atoms with E-state index >= 15 is 0 Å². The number of nitrogens with one attached hydrogen (secondary N) is 1. The number of hydrogen-bond acceptors (Lipinski definition) is 7. The van der Waals surface area contributed by atoms with Crippen molar-refractivity contribution in [3.63, 3.8) is 0 Å². The van der Waals surface area contributed by atoms with Gasteiger partial charge in [-0.2, -0.15) is 0 Å². The lowest BCUT2D eigenvalue weighted by Crippen LogP contribution is -2.28. The van der Waals surface area contributed by atoms with Gasteiger partial charge in [-0.15, -0.1) is 0 Å². The van der Waals surface area contributed by atoms with E-state index in [1.807, 2.05) is 6.07 Å². The van der Waals surface area contributed by atoms with Gasteiger partial charge >= 0.3 is 5.97 Å². The van der Waals surface area contributed by atoms with Crippen LogP contribution in [-0.4, -0.2) is 32.0 Å². The number of fused-ring (bicyclic) bond motifs is 4. The van der Waals surface area contributed by atoms with Crippen molar-refractivity contribution in [2.24, 2.45) is 0 Å². The number of ether oxygens (including phenoxy) is 5. The summed E-state index contributed by atoms with van der Waals surface area (Å²) in [4.78, 5) is 28.3. The predicted molar refractivity (Wildman–Crippen MR) is 102 cm³/mol. The van der Waals surface area contributed by atoms with Crippen LogP contribution in [0.5, 0.6) is 28.7 Å². The van der Waals surface area contributed by atoms with Gasteiger partial charge in [0, 0.05) is 16.9 Å². The van der Waals surface area contributed by atoms with Gasteiger partial charge in [0.2, 0.25) is 18.3 Å². The summed E-state index contributed by atoms with van der Waals surface area (Å²) < 4.78 is 27.6. The van der Waals surface area contributed by atoms with Crippen molar-refractivity contribution in [2.45, 2.75) is 12.3 Å². The number of H-pyrrole nitrogens is 1. The first-order chi connectivity index (χ1) is 14.1. The number of esters is 1. The molecule has 8 heteroatoms. The number of aromatic amines is 1. The minimum Gasteiger partial charge on any atom is -0.493 e. The summed E-state index contributed by atoms with van der Waals surface area (Å²) in [5.41, 5.74) is 1.23. The lowest BCUT2D eigenvalue weighted by molar-refractivity contribution is -0.135. The van der Waals surface area contributed by atoms with Crippen LogP contribution in [-0.2, 0) is 4.79 Å². The Kier molecular flexibility index (Phi) is 3.87. The number of para-hydroxylation sites is 1. The van der Waals surface area contributed by atoms with Gasteiger partial charge in [0.1, 0.15) is 5.75 Å². The average molecular weight is 395 g/mol. The van der Waals surface area contributed by atoms with Crippen LogP contribution in [0, 0.1) is 0 Å². The quantitative estimate of drug-likeness (QED) is 0.681. The van der Waals surface area contributed by atoms with Crippen LogP contribution in [0.2, 0.25) is 0 Å². The molecular weight excluding hydrogens is 378 g/mol. The van der Waals surface area contributed by atoms with Gasteiger partial charge in [-0.05, 0) is 18.2 Å². The number of methoxy groups -OCH3 is 2. The van der Waals surface area contributed by atoms with Gasteiger partial charge in [0.05, 0.1) is 31.7 Å². The maximum absolute atomic E-state index is 13.0. The third kappa shape index (κ3) is 2.52. The summed E-state index contributed by atoms with van der Waals surface area (Å²) >= 11 is 0. The summed E-state index contributed by atoms with van der Waals surface area (Å²) in [5, 5.41) is 0.659. The number of hydrogen-bond donors (Lipinski definition) is 1. The number of aromatic nitrogens is 1. The smallest absolute Gasteiger partial charge is 0.312 e. The fraction of sp³-hybridized carbons (Fsp3) is 0.238. The summed E-state index contributed by atoms with van der Waals surface area (Å²) in [6.07, 6.45) is -0.0203. The number of carbonyl (C=O) groups excluding carboxylic acids is 1. The molecule has 2 aliphatic heterocycles. The molecule has 29 heavy (non-hydrogen) atoms. The highest BCUT2D eigenvalue weighted by Crippen LogP contribution is 2.53. The summed E-state index contributed by atoms with van der Waals surface area (Å²) in [6.45, 7) is 0.0278. The van der Waals surface area contributed by atoms with Crippen molar-refractivity contribution >= 4 is 16.9 Å². The van der Waals surface area contributed by atoms with Gasteiger partial charge in [0.25, 0.3) is 5.56 Å². The standard InChI is InChI=1S/C21H17NO7/c1-25-14-7-12(18(26-2)20-19(14)27-9-28-20)11-8-15(23)29-17-10-5-3-4-6-13(10)22-21(24)16(11)17/h3-7,11H,8-9H2,1-2H3,(H,22,24)/t11-/m0/s1. The van der Waals surface area contributed by atoms with Crippen molar-refractivity contribution in [2.75, 3.05) is 21.0 Å². The second-order valence-corrected chi connectivity index (χ2v) is 6.74. The summed E-state index contributed by atoms with van der Waals surface area (Å²) in [5.74, 6) is 0.889. The molecule has 0 saturated heterocycles. The van der Waals surface area contributed by atoms with Crippen LogP contribution in [0.1, 0.15) is 23.5 Å². The monoisotopic (exact) mass is 395 g/mol. The predicted octanol–water partition coefficient (Wildman–Crippen LogP) is 2.72. The number of rotatable bonds is 3. The van der Waals surface area contributed by atoms with Crippen molar-refractivity contribution in [3.8, 4) is 28.7 Å². The van der Waals surface area contributed by atoms with E-state index in [-0.39, 0.29) is 24.5 Å². The van der Waals surface area contributed by atoms with Crippen molar-refractivity contribution < 1.29 is 28.5 Å². The van der Waals surface area contributed by atoms with Crippen molar-refractivity contribution in [1.82, 2.24) is 4.98 Å². The molecule has 0 aliphatic carbocycles. The molecular formula is C21H17NO7. The van der Waals surface area contributed by atoms with E-state index in [2.05, 4.69) is 4.98 Å². The first kappa shape index (κ1) is 17.4. The Balaban J connectivity index is 1.81. The topological polar surface area (TPSA) is 96.1 Å². The normalized spacial score (nSPS) is 17.0. The van der Waals surface area contributed by atoms with E-state index in [0.29, 0.717) is 45.0 Å². The Hall–Kier alpha value is -3.68. The fourth-order valence-electron chi connectivity index (χ4n) is 4.00. The van der Waals surface area contributed by atoms with Crippen LogP contribution >= 0.6 is 0 Å². The highest BCUT2D eigenvalue weighted by atomic mass is 16.7. The maximum atomic E-state index is 13.0. The Morgan fingerprint density at radius 3 is 2.62 bits per heavy atom. The molecule has 0 amide bonds. The molecule has 3 heterocycles. The van der Waals surface area contributed by atoms with Gasteiger partial charge in [-0.3, -0.25) is 9.59 Å². The Morgan fingerprint density at radius 2 is 1.83 bits per heavy atom. The highest BCUT2D eigenvalue weighted by Gasteiger charge is 2.37. The van der Waals surface area contributed by atoms with Crippen molar-refractivity contribution in [3.05, 3.63) is 51.8 Å².